The quantitative estimate of drug-likeness (QED) is 0.681. The molecule has 0 N–H and O–H groups in total. The highest BCUT2D eigenvalue weighted by Crippen LogP contribution is 2.21. The Morgan fingerprint density at radius 1 is 1.07 bits per heavy atom. The fraction of sp³-hybridized carbons (Fsp3) is 0.278. The number of rotatable bonds is 5. The number of morpholine rings is 1. The Kier molecular flexibility index (Phi) is 6.39. The lowest BCUT2D eigenvalue weighted by Crippen LogP contribution is -2.40. The normalized spacial score (nSPS) is 15.5. The third-order valence-corrected chi connectivity index (χ3v) is 6.31. The summed E-state index contributed by atoms with van der Waals surface area (Å²) < 4.78 is 37.2. The molecule has 0 bridgehead atoms. The van der Waals surface area contributed by atoms with Gasteiger partial charge in [-0.2, -0.15) is 4.31 Å². The molecule has 1 heterocycles. The van der Waals surface area contributed by atoms with Crippen molar-refractivity contribution in [3.05, 3.63) is 63.6 Å². The van der Waals surface area contributed by atoms with Crippen LogP contribution in [0.3, 0.4) is 0 Å². The number of sulfonamides is 1. The van der Waals surface area contributed by atoms with Gasteiger partial charge in [0.25, 0.3) is 0 Å². The average molecular weight is 430 g/mol. The molecule has 0 aromatic heterocycles. The lowest BCUT2D eigenvalue weighted by Gasteiger charge is -2.26. The van der Waals surface area contributed by atoms with Gasteiger partial charge in [0.2, 0.25) is 10.0 Å². The van der Waals surface area contributed by atoms with E-state index in [-0.39, 0.29) is 17.1 Å². The van der Waals surface area contributed by atoms with Crippen LogP contribution in [0.2, 0.25) is 10.0 Å². The number of hydrogen-bond donors (Lipinski definition) is 0. The van der Waals surface area contributed by atoms with Crippen molar-refractivity contribution in [3.8, 4) is 0 Å². The minimum atomic E-state index is -3.61. The predicted octanol–water partition coefficient (Wildman–Crippen LogP) is 3.37. The number of hydrogen-bond acceptors (Lipinski definition) is 5. The Balaban J connectivity index is 1.71. The van der Waals surface area contributed by atoms with Crippen molar-refractivity contribution in [1.29, 1.82) is 0 Å². The number of halogens is 2. The van der Waals surface area contributed by atoms with Crippen molar-refractivity contribution >= 4 is 39.2 Å². The summed E-state index contributed by atoms with van der Waals surface area (Å²) in [4.78, 5) is 12.3. The van der Waals surface area contributed by atoms with E-state index in [0.29, 0.717) is 41.9 Å². The molecule has 2 aromatic rings. The van der Waals surface area contributed by atoms with Crippen molar-refractivity contribution in [2.45, 2.75) is 11.5 Å². The Bertz CT molecular complexity index is 922. The third-order valence-electron chi connectivity index (χ3n) is 3.97. The summed E-state index contributed by atoms with van der Waals surface area (Å²) in [6.45, 7) is 1.31. The van der Waals surface area contributed by atoms with Gasteiger partial charge in [-0.15, -0.1) is 0 Å². The van der Waals surface area contributed by atoms with E-state index >= 15 is 0 Å². The molecule has 0 aliphatic carbocycles. The van der Waals surface area contributed by atoms with Gasteiger partial charge in [-0.3, -0.25) is 0 Å². The van der Waals surface area contributed by atoms with Gasteiger partial charge in [-0.1, -0.05) is 35.3 Å². The molecule has 0 spiro atoms. The van der Waals surface area contributed by atoms with Gasteiger partial charge in [0, 0.05) is 23.1 Å². The number of carbonyl (C=O) groups is 1. The monoisotopic (exact) mass is 429 g/mol. The van der Waals surface area contributed by atoms with Gasteiger partial charge in [0.05, 0.1) is 23.7 Å². The zero-order valence-corrected chi connectivity index (χ0v) is 16.6. The van der Waals surface area contributed by atoms with E-state index in [4.69, 9.17) is 32.7 Å². The molecular formula is C18H17Cl2NO5S. The lowest BCUT2D eigenvalue weighted by atomic mass is 10.2. The minimum absolute atomic E-state index is 0.0740. The van der Waals surface area contributed by atoms with Gasteiger partial charge >= 0.3 is 5.97 Å². The number of carbonyl (C=O) groups excluding carboxylic acids is 1. The summed E-state index contributed by atoms with van der Waals surface area (Å²) in [6.07, 6.45) is 0. The van der Waals surface area contributed by atoms with Crippen LogP contribution >= 0.6 is 23.2 Å². The Hall–Kier alpha value is -1.64. The second kappa shape index (κ2) is 8.58. The van der Waals surface area contributed by atoms with Gasteiger partial charge < -0.3 is 9.47 Å². The van der Waals surface area contributed by atoms with E-state index in [1.807, 2.05) is 0 Å². The van der Waals surface area contributed by atoms with Crippen LogP contribution in [0.15, 0.2) is 47.4 Å². The highest BCUT2D eigenvalue weighted by atomic mass is 35.5. The van der Waals surface area contributed by atoms with Crippen molar-refractivity contribution in [1.82, 2.24) is 4.31 Å². The molecule has 27 heavy (non-hydrogen) atoms. The van der Waals surface area contributed by atoms with Crippen molar-refractivity contribution in [2.24, 2.45) is 0 Å². The maximum Gasteiger partial charge on any atom is 0.338 e. The number of benzene rings is 2. The van der Waals surface area contributed by atoms with E-state index < -0.39 is 16.0 Å². The molecule has 0 atom stereocenters. The van der Waals surface area contributed by atoms with E-state index in [9.17, 15) is 13.2 Å². The SMILES string of the molecule is O=C(OCc1cccc(S(=O)(=O)N2CCOCC2)c1)c1cc(Cl)cc(Cl)c1. The van der Waals surface area contributed by atoms with E-state index in [1.165, 1.54) is 34.6 Å². The molecule has 9 heteroatoms. The van der Waals surface area contributed by atoms with Crippen LogP contribution in [0.4, 0.5) is 0 Å². The standard InChI is InChI=1S/C18H17Cl2NO5S/c19-15-9-14(10-16(20)11-15)18(22)26-12-13-2-1-3-17(8-13)27(23,24)21-4-6-25-7-5-21/h1-3,8-11H,4-7,12H2. The predicted molar refractivity (Wildman–Crippen MR) is 102 cm³/mol. The van der Waals surface area contributed by atoms with Crippen LogP contribution in [0.5, 0.6) is 0 Å². The first-order chi connectivity index (χ1) is 12.9. The molecule has 0 saturated carbocycles. The molecular weight excluding hydrogens is 413 g/mol. The average Bonchev–Trinajstić information content (AvgIpc) is 2.66. The second-order valence-electron chi connectivity index (χ2n) is 5.90. The van der Waals surface area contributed by atoms with Crippen LogP contribution in [-0.2, 0) is 26.1 Å². The Labute approximate surface area is 167 Å². The highest BCUT2D eigenvalue weighted by Gasteiger charge is 2.26. The Morgan fingerprint density at radius 3 is 2.41 bits per heavy atom. The minimum Gasteiger partial charge on any atom is -0.457 e. The Morgan fingerprint density at radius 2 is 1.74 bits per heavy atom. The lowest BCUT2D eigenvalue weighted by molar-refractivity contribution is 0.0472. The molecule has 2 aromatic carbocycles. The van der Waals surface area contributed by atoms with E-state index in [1.54, 1.807) is 12.1 Å². The van der Waals surface area contributed by atoms with Crippen LogP contribution in [0.1, 0.15) is 15.9 Å². The van der Waals surface area contributed by atoms with Crippen LogP contribution in [0, 0.1) is 0 Å². The molecule has 6 nitrogen and oxygen atoms in total. The molecule has 0 unspecified atom stereocenters. The summed E-state index contributed by atoms with van der Waals surface area (Å²) in [5.41, 5.74) is 0.787. The molecule has 0 amide bonds. The number of ether oxygens (including phenoxy) is 2. The fourth-order valence-electron chi connectivity index (χ4n) is 2.64. The van der Waals surface area contributed by atoms with E-state index in [2.05, 4.69) is 0 Å². The maximum absolute atomic E-state index is 12.7. The fourth-order valence-corrected chi connectivity index (χ4v) is 4.64. The van der Waals surface area contributed by atoms with Crippen LogP contribution < -0.4 is 0 Å². The van der Waals surface area contributed by atoms with Gasteiger partial charge in [0.15, 0.2) is 0 Å². The summed E-state index contributed by atoms with van der Waals surface area (Å²) in [7, 11) is -3.61. The zero-order chi connectivity index (χ0) is 19.4. The molecule has 1 fully saturated rings. The number of nitrogens with zero attached hydrogens (tertiary/aromatic N) is 1. The summed E-state index contributed by atoms with van der Waals surface area (Å²) in [6, 6.07) is 10.8. The topological polar surface area (TPSA) is 72.9 Å². The molecule has 1 aliphatic heterocycles. The molecule has 3 rings (SSSR count). The number of esters is 1. The first-order valence-corrected chi connectivity index (χ1v) is 10.4. The zero-order valence-electron chi connectivity index (χ0n) is 14.2. The van der Waals surface area contributed by atoms with Gasteiger partial charge in [-0.25, -0.2) is 13.2 Å². The van der Waals surface area contributed by atoms with Crippen molar-refractivity contribution in [3.63, 3.8) is 0 Å². The van der Waals surface area contributed by atoms with Crippen molar-refractivity contribution < 1.29 is 22.7 Å². The largest absolute Gasteiger partial charge is 0.457 e. The molecule has 0 radical (unpaired) electrons. The molecule has 1 saturated heterocycles. The van der Waals surface area contributed by atoms with E-state index in [0.717, 1.165) is 0 Å². The smallest absolute Gasteiger partial charge is 0.338 e. The van der Waals surface area contributed by atoms with Gasteiger partial charge in [0.1, 0.15) is 6.61 Å². The summed E-state index contributed by atoms with van der Waals surface area (Å²) >= 11 is 11.8. The first kappa shape index (κ1) is 20.1. The summed E-state index contributed by atoms with van der Waals surface area (Å²) in [5.74, 6) is -0.596. The first-order valence-electron chi connectivity index (χ1n) is 8.16. The van der Waals surface area contributed by atoms with Crippen LogP contribution in [0.25, 0.3) is 0 Å². The second-order valence-corrected chi connectivity index (χ2v) is 8.71. The molecule has 144 valence electrons. The van der Waals surface area contributed by atoms with Crippen LogP contribution in [-0.4, -0.2) is 45.0 Å². The summed E-state index contributed by atoms with van der Waals surface area (Å²) in [5, 5.41) is 0.654. The highest BCUT2D eigenvalue weighted by molar-refractivity contribution is 7.89. The van der Waals surface area contributed by atoms with Gasteiger partial charge in [-0.05, 0) is 35.9 Å². The third kappa shape index (κ3) is 5.00. The molecule has 1 aliphatic rings. The maximum atomic E-state index is 12.7. The van der Waals surface area contributed by atoms with Crippen molar-refractivity contribution in [2.75, 3.05) is 26.3 Å².